The highest BCUT2D eigenvalue weighted by Crippen LogP contribution is 2.38. The van der Waals surface area contributed by atoms with Crippen molar-refractivity contribution in [3.05, 3.63) is 11.6 Å². The van der Waals surface area contributed by atoms with Crippen LogP contribution in [0.5, 0.6) is 0 Å². The van der Waals surface area contributed by atoms with Crippen LogP contribution in [0.4, 0.5) is 0 Å². The van der Waals surface area contributed by atoms with E-state index < -0.39 is 0 Å². The van der Waals surface area contributed by atoms with E-state index in [1.165, 1.54) is 18.4 Å². The Kier molecular flexibility index (Phi) is 2.72. The SMILES string of the molecule is CC(C)=CC(N)C(C)C1CC1. The van der Waals surface area contributed by atoms with E-state index in [9.17, 15) is 0 Å². The van der Waals surface area contributed by atoms with Gasteiger partial charge in [0.1, 0.15) is 0 Å². The molecule has 1 heteroatoms. The lowest BCUT2D eigenvalue weighted by atomic mass is 9.96. The molecule has 0 aromatic carbocycles. The normalized spacial score (nSPS) is 22.5. The molecule has 1 fully saturated rings. The van der Waals surface area contributed by atoms with Gasteiger partial charge in [-0.25, -0.2) is 0 Å². The van der Waals surface area contributed by atoms with Gasteiger partial charge in [0.15, 0.2) is 0 Å². The molecule has 1 saturated carbocycles. The van der Waals surface area contributed by atoms with Gasteiger partial charge in [0.05, 0.1) is 0 Å². The molecule has 64 valence electrons. The zero-order valence-electron chi connectivity index (χ0n) is 7.80. The maximum absolute atomic E-state index is 5.98. The summed E-state index contributed by atoms with van der Waals surface area (Å²) in [5.74, 6) is 1.60. The van der Waals surface area contributed by atoms with Crippen molar-refractivity contribution in [1.29, 1.82) is 0 Å². The van der Waals surface area contributed by atoms with Crippen molar-refractivity contribution < 1.29 is 0 Å². The number of allylic oxidation sites excluding steroid dienone is 1. The standard InChI is InChI=1S/C10H19N/c1-7(2)6-10(11)8(3)9-4-5-9/h6,8-10H,4-5,11H2,1-3H3. The molecule has 0 aromatic heterocycles. The molecule has 1 nitrogen and oxygen atoms in total. The zero-order valence-corrected chi connectivity index (χ0v) is 7.80. The molecule has 1 rings (SSSR count). The minimum absolute atomic E-state index is 0.285. The molecule has 0 radical (unpaired) electrons. The molecule has 2 unspecified atom stereocenters. The Morgan fingerprint density at radius 3 is 2.36 bits per heavy atom. The van der Waals surface area contributed by atoms with Crippen molar-refractivity contribution in [2.45, 2.75) is 39.7 Å². The van der Waals surface area contributed by atoms with E-state index in [4.69, 9.17) is 5.73 Å². The summed E-state index contributed by atoms with van der Waals surface area (Å²) in [6.07, 6.45) is 4.97. The van der Waals surface area contributed by atoms with E-state index in [1.54, 1.807) is 0 Å². The molecule has 0 saturated heterocycles. The van der Waals surface area contributed by atoms with Crippen molar-refractivity contribution in [3.63, 3.8) is 0 Å². The van der Waals surface area contributed by atoms with Crippen LogP contribution in [0, 0.1) is 11.8 Å². The average molecular weight is 153 g/mol. The molecule has 2 atom stereocenters. The molecule has 0 bridgehead atoms. The third-order valence-corrected chi connectivity index (χ3v) is 2.50. The Balaban J connectivity index is 2.38. The number of hydrogen-bond donors (Lipinski definition) is 1. The third kappa shape index (κ3) is 2.66. The highest BCUT2D eigenvalue weighted by Gasteiger charge is 2.30. The second-order valence-corrected chi connectivity index (χ2v) is 4.02. The topological polar surface area (TPSA) is 26.0 Å². The van der Waals surface area contributed by atoms with Crippen LogP contribution in [0.3, 0.4) is 0 Å². The summed E-state index contributed by atoms with van der Waals surface area (Å²) < 4.78 is 0. The van der Waals surface area contributed by atoms with Crippen molar-refractivity contribution in [1.82, 2.24) is 0 Å². The fraction of sp³-hybridized carbons (Fsp3) is 0.800. The van der Waals surface area contributed by atoms with Crippen molar-refractivity contribution in [3.8, 4) is 0 Å². The van der Waals surface area contributed by atoms with Crippen LogP contribution in [0.1, 0.15) is 33.6 Å². The molecule has 0 aliphatic heterocycles. The van der Waals surface area contributed by atoms with Gasteiger partial charge >= 0.3 is 0 Å². The van der Waals surface area contributed by atoms with E-state index in [2.05, 4.69) is 26.8 Å². The van der Waals surface area contributed by atoms with Gasteiger partial charge in [0.2, 0.25) is 0 Å². The lowest BCUT2D eigenvalue weighted by molar-refractivity contribution is 0.457. The summed E-state index contributed by atoms with van der Waals surface area (Å²) in [7, 11) is 0. The second-order valence-electron chi connectivity index (χ2n) is 4.02. The summed E-state index contributed by atoms with van der Waals surface area (Å²) in [4.78, 5) is 0. The largest absolute Gasteiger partial charge is 0.324 e. The van der Waals surface area contributed by atoms with Gasteiger partial charge in [-0.3, -0.25) is 0 Å². The molecule has 11 heavy (non-hydrogen) atoms. The van der Waals surface area contributed by atoms with Gasteiger partial charge in [-0.15, -0.1) is 0 Å². The predicted molar refractivity (Wildman–Crippen MR) is 49.3 cm³/mol. The maximum Gasteiger partial charge on any atom is 0.0254 e. The summed E-state index contributed by atoms with van der Waals surface area (Å²) in [5, 5.41) is 0. The summed E-state index contributed by atoms with van der Waals surface area (Å²) in [6, 6.07) is 0.285. The summed E-state index contributed by atoms with van der Waals surface area (Å²) in [6.45, 7) is 6.49. The third-order valence-electron chi connectivity index (χ3n) is 2.50. The van der Waals surface area contributed by atoms with E-state index in [0.29, 0.717) is 5.92 Å². The quantitative estimate of drug-likeness (QED) is 0.619. The Labute approximate surface area is 69.7 Å². The maximum atomic E-state index is 5.98. The Hall–Kier alpha value is -0.300. The molecule has 0 aromatic rings. The molecule has 0 amide bonds. The molecular weight excluding hydrogens is 134 g/mol. The first-order valence-corrected chi connectivity index (χ1v) is 4.52. The first-order chi connectivity index (χ1) is 5.11. The molecule has 2 N–H and O–H groups in total. The fourth-order valence-electron chi connectivity index (χ4n) is 1.47. The van der Waals surface area contributed by atoms with Crippen LogP contribution in [0.25, 0.3) is 0 Å². The van der Waals surface area contributed by atoms with Gasteiger partial charge < -0.3 is 5.73 Å². The zero-order chi connectivity index (χ0) is 8.43. The van der Waals surface area contributed by atoms with Crippen LogP contribution < -0.4 is 5.73 Å². The number of rotatable bonds is 3. The van der Waals surface area contributed by atoms with E-state index >= 15 is 0 Å². The monoisotopic (exact) mass is 153 g/mol. The Morgan fingerprint density at radius 2 is 2.00 bits per heavy atom. The number of nitrogens with two attached hydrogens (primary N) is 1. The minimum Gasteiger partial charge on any atom is -0.324 e. The lowest BCUT2D eigenvalue weighted by Crippen LogP contribution is -2.27. The first-order valence-electron chi connectivity index (χ1n) is 4.52. The van der Waals surface area contributed by atoms with Crippen molar-refractivity contribution in [2.24, 2.45) is 17.6 Å². The van der Waals surface area contributed by atoms with Crippen LogP contribution in [-0.4, -0.2) is 6.04 Å². The van der Waals surface area contributed by atoms with Gasteiger partial charge in [-0.2, -0.15) is 0 Å². The van der Waals surface area contributed by atoms with Crippen molar-refractivity contribution in [2.75, 3.05) is 0 Å². The molecule has 1 aliphatic carbocycles. The van der Waals surface area contributed by atoms with E-state index in [1.807, 2.05) is 0 Å². The molecular formula is C10H19N. The van der Waals surface area contributed by atoms with Crippen LogP contribution in [-0.2, 0) is 0 Å². The van der Waals surface area contributed by atoms with Crippen LogP contribution in [0.15, 0.2) is 11.6 Å². The van der Waals surface area contributed by atoms with E-state index in [-0.39, 0.29) is 6.04 Å². The van der Waals surface area contributed by atoms with Crippen molar-refractivity contribution >= 4 is 0 Å². The second kappa shape index (κ2) is 3.40. The molecule has 0 spiro atoms. The average Bonchev–Trinajstić information content (AvgIpc) is 2.65. The van der Waals surface area contributed by atoms with Crippen LogP contribution >= 0.6 is 0 Å². The van der Waals surface area contributed by atoms with Gasteiger partial charge in [0.25, 0.3) is 0 Å². The molecule has 0 heterocycles. The lowest BCUT2D eigenvalue weighted by Gasteiger charge is -2.15. The van der Waals surface area contributed by atoms with Gasteiger partial charge in [0, 0.05) is 6.04 Å². The van der Waals surface area contributed by atoms with Gasteiger partial charge in [-0.1, -0.05) is 18.6 Å². The molecule has 1 aliphatic rings. The first kappa shape index (κ1) is 8.79. The Morgan fingerprint density at radius 1 is 1.45 bits per heavy atom. The highest BCUT2D eigenvalue weighted by atomic mass is 14.6. The minimum atomic E-state index is 0.285. The summed E-state index contributed by atoms with van der Waals surface area (Å²) >= 11 is 0. The summed E-state index contributed by atoms with van der Waals surface area (Å²) in [5.41, 5.74) is 7.32. The van der Waals surface area contributed by atoms with E-state index in [0.717, 1.165) is 5.92 Å². The predicted octanol–water partition coefficient (Wildman–Crippen LogP) is 2.33. The smallest absolute Gasteiger partial charge is 0.0254 e. The number of hydrogen-bond acceptors (Lipinski definition) is 1. The van der Waals surface area contributed by atoms with Crippen LogP contribution in [0.2, 0.25) is 0 Å². The Bertz CT molecular complexity index is 152. The highest BCUT2D eigenvalue weighted by molar-refractivity contribution is 5.03. The van der Waals surface area contributed by atoms with Gasteiger partial charge in [-0.05, 0) is 38.5 Å². The fourth-order valence-corrected chi connectivity index (χ4v) is 1.47.